The van der Waals surface area contributed by atoms with E-state index in [-0.39, 0.29) is 18.4 Å². The minimum absolute atomic E-state index is 0.171. The van der Waals surface area contributed by atoms with Crippen LogP contribution in [0.5, 0.6) is 11.5 Å². The Bertz CT molecular complexity index is 1230. The predicted molar refractivity (Wildman–Crippen MR) is 126 cm³/mol. The molecule has 0 atom stereocenters. The van der Waals surface area contributed by atoms with Gasteiger partial charge in [-0.15, -0.1) is 0 Å². The van der Waals surface area contributed by atoms with E-state index in [1.165, 1.54) is 4.90 Å². The highest BCUT2D eigenvalue weighted by atomic mass is 16.5. The molecule has 0 spiro atoms. The molecule has 0 saturated carbocycles. The second-order valence-electron chi connectivity index (χ2n) is 7.62. The molecule has 1 fully saturated rings. The van der Waals surface area contributed by atoms with Crippen LogP contribution >= 0.6 is 0 Å². The number of carbonyl (C=O) groups excluding carboxylic acids is 2. The molecule has 0 unspecified atom stereocenters. The second kappa shape index (κ2) is 9.53. The lowest BCUT2D eigenvalue weighted by Crippen LogP contribution is -2.29. The summed E-state index contributed by atoms with van der Waals surface area (Å²) in [5, 5.41) is 0. The van der Waals surface area contributed by atoms with Gasteiger partial charge >= 0.3 is 0 Å². The van der Waals surface area contributed by atoms with Gasteiger partial charge in [-0.2, -0.15) is 0 Å². The summed E-state index contributed by atoms with van der Waals surface area (Å²) in [7, 11) is 3.14. The van der Waals surface area contributed by atoms with Crippen LogP contribution in [-0.4, -0.2) is 35.9 Å². The largest absolute Gasteiger partial charge is 0.497 e. The van der Waals surface area contributed by atoms with Crippen LogP contribution in [0.2, 0.25) is 0 Å². The van der Waals surface area contributed by atoms with Gasteiger partial charge < -0.3 is 9.47 Å². The number of pyridine rings is 1. The van der Waals surface area contributed by atoms with Crippen LogP contribution in [0.15, 0.2) is 84.2 Å². The van der Waals surface area contributed by atoms with Gasteiger partial charge in [0.1, 0.15) is 11.5 Å². The van der Waals surface area contributed by atoms with Crippen LogP contribution in [0, 0.1) is 0 Å². The van der Waals surface area contributed by atoms with Gasteiger partial charge in [0.25, 0.3) is 11.8 Å². The van der Waals surface area contributed by atoms with Crippen molar-refractivity contribution in [3.63, 3.8) is 0 Å². The molecule has 1 aliphatic rings. The van der Waals surface area contributed by atoms with E-state index >= 15 is 0 Å². The maximum Gasteiger partial charge on any atom is 0.262 e. The second-order valence-corrected chi connectivity index (χ2v) is 7.62. The van der Waals surface area contributed by atoms with Crippen LogP contribution in [0.3, 0.4) is 0 Å². The lowest BCUT2D eigenvalue weighted by atomic mass is 9.95. The van der Waals surface area contributed by atoms with Gasteiger partial charge in [0.15, 0.2) is 0 Å². The summed E-state index contributed by atoms with van der Waals surface area (Å²) in [6, 6.07) is 18.5. The fraction of sp³-hybridized carbons (Fsp3) is 0.148. The predicted octanol–water partition coefficient (Wildman–Crippen LogP) is 4.52. The molecule has 0 N–H and O–H groups in total. The summed E-state index contributed by atoms with van der Waals surface area (Å²) >= 11 is 0. The topological polar surface area (TPSA) is 68.7 Å². The Kier molecular flexibility index (Phi) is 6.36. The zero-order valence-electron chi connectivity index (χ0n) is 18.7. The number of methoxy groups -OCH3 is 2. The normalized spacial score (nSPS) is 16.3. The Balaban J connectivity index is 1.86. The van der Waals surface area contributed by atoms with Crippen LogP contribution in [0.4, 0.5) is 0 Å². The zero-order valence-corrected chi connectivity index (χ0v) is 18.7. The average molecular weight is 440 g/mol. The van der Waals surface area contributed by atoms with E-state index in [2.05, 4.69) is 4.98 Å². The third kappa shape index (κ3) is 4.55. The van der Waals surface area contributed by atoms with E-state index in [4.69, 9.17) is 9.47 Å². The number of amides is 2. The zero-order chi connectivity index (χ0) is 23.4. The first-order valence-electron chi connectivity index (χ1n) is 10.5. The van der Waals surface area contributed by atoms with Crippen molar-refractivity contribution in [3.8, 4) is 11.5 Å². The van der Waals surface area contributed by atoms with Crippen molar-refractivity contribution in [3.05, 3.63) is 101 Å². The molecule has 4 rings (SSSR count). The fourth-order valence-corrected chi connectivity index (χ4v) is 3.79. The first-order valence-corrected chi connectivity index (χ1v) is 10.5. The van der Waals surface area contributed by atoms with Crippen LogP contribution < -0.4 is 9.47 Å². The molecule has 6 heteroatoms. The summed E-state index contributed by atoms with van der Waals surface area (Å²) in [6.45, 7) is 2.01. The van der Waals surface area contributed by atoms with E-state index in [9.17, 15) is 9.59 Å². The standard InChI is InChI=1S/C27H24N2O4/c1-18(21-14-22(32-2)16-23(15-21)33-3)25-24(13-19-7-5-4-6-8-19)26(30)29(27(25)31)17-20-9-11-28-12-10-20/h4-16H,17H2,1-3H3/b24-13+,25-18-. The summed E-state index contributed by atoms with van der Waals surface area (Å²) in [6.07, 6.45) is 5.06. The molecule has 33 heavy (non-hydrogen) atoms. The number of carbonyl (C=O) groups is 2. The molecule has 1 saturated heterocycles. The van der Waals surface area contributed by atoms with Gasteiger partial charge in [-0.3, -0.25) is 19.5 Å². The maximum absolute atomic E-state index is 13.6. The lowest BCUT2D eigenvalue weighted by Gasteiger charge is -2.13. The third-order valence-electron chi connectivity index (χ3n) is 5.56. The molecule has 6 nitrogen and oxygen atoms in total. The number of nitrogens with zero attached hydrogens (tertiary/aromatic N) is 2. The number of rotatable bonds is 6. The minimum atomic E-state index is -0.335. The molecule has 1 aliphatic heterocycles. The monoisotopic (exact) mass is 440 g/mol. The van der Waals surface area contributed by atoms with Crippen molar-refractivity contribution in [2.75, 3.05) is 14.2 Å². The van der Waals surface area contributed by atoms with Gasteiger partial charge in [0.2, 0.25) is 0 Å². The van der Waals surface area contributed by atoms with Crippen molar-refractivity contribution >= 4 is 23.5 Å². The van der Waals surface area contributed by atoms with Gasteiger partial charge in [-0.25, -0.2) is 0 Å². The van der Waals surface area contributed by atoms with E-state index < -0.39 is 0 Å². The first kappa shape index (κ1) is 22.0. The minimum Gasteiger partial charge on any atom is -0.497 e. The van der Waals surface area contributed by atoms with E-state index in [0.717, 1.165) is 16.7 Å². The van der Waals surface area contributed by atoms with Crippen molar-refractivity contribution < 1.29 is 19.1 Å². The number of imide groups is 1. The quantitative estimate of drug-likeness (QED) is 0.416. The number of allylic oxidation sites excluding steroid dienone is 1. The van der Waals surface area contributed by atoms with Crippen LogP contribution in [-0.2, 0) is 16.1 Å². The highest BCUT2D eigenvalue weighted by Crippen LogP contribution is 2.36. The lowest BCUT2D eigenvalue weighted by molar-refractivity contribution is -0.137. The Labute approximate surface area is 192 Å². The van der Waals surface area contributed by atoms with Crippen molar-refractivity contribution in [2.24, 2.45) is 0 Å². The summed E-state index contributed by atoms with van der Waals surface area (Å²) < 4.78 is 10.8. The summed E-state index contributed by atoms with van der Waals surface area (Å²) in [5.74, 6) is 0.537. The number of aromatic nitrogens is 1. The Morgan fingerprint density at radius 1 is 0.909 bits per heavy atom. The van der Waals surface area contributed by atoms with Gasteiger partial charge in [0.05, 0.1) is 31.9 Å². The molecule has 0 bridgehead atoms. The van der Waals surface area contributed by atoms with Gasteiger partial charge in [-0.1, -0.05) is 30.3 Å². The van der Waals surface area contributed by atoms with Crippen molar-refractivity contribution in [1.82, 2.24) is 9.88 Å². The molecule has 166 valence electrons. The molecule has 2 amide bonds. The maximum atomic E-state index is 13.6. The van der Waals surface area contributed by atoms with Crippen LogP contribution in [0.1, 0.15) is 23.6 Å². The summed E-state index contributed by atoms with van der Waals surface area (Å²) in [5.41, 5.74) is 3.81. The SMILES string of the molecule is COc1cc(OC)cc(/C(C)=C2\C(=O)N(Cc3ccncc3)C(=O)\C2=C\c2ccccc2)c1. The average Bonchev–Trinajstić information content (AvgIpc) is 3.08. The molecule has 2 aromatic carbocycles. The molecule has 1 aromatic heterocycles. The number of hydrogen-bond donors (Lipinski definition) is 0. The number of benzene rings is 2. The highest BCUT2D eigenvalue weighted by molar-refractivity contribution is 6.29. The number of hydrogen-bond acceptors (Lipinski definition) is 5. The molecular formula is C27H24N2O4. The van der Waals surface area contributed by atoms with Gasteiger partial charge in [-0.05, 0) is 59.5 Å². The van der Waals surface area contributed by atoms with E-state index in [1.807, 2.05) is 49.4 Å². The fourth-order valence-electron chi connectivity index (χ4n) is 3.79. The molecule has 3 aromatic rings. The van der Waals surface area contributed by atoms with Gasteiger partial charge in [0, 0.05) is 18.5 Å². The first-order chi connectivity index (χ1) is 16.0. The molecular weight excluding hydrogens is 416 g/mol. The summed E-state index contributed by atoms with van der Waals surface area (Å²) in [4.78, 5) is 32.3. The Hall–Kier alpha value is -4.19. The number of likely N-dealkylation sites (tertiary alicyclic amines) is 1. The van der Waals surface area contributed by atoms with Crippen molar-refractivity contribution in [2.45, 2.75) is 13.5 Å². The molecule has 2 heterocycles. The highest BCUT2D eigenvalue weighted by Gasteiger charge is 2.40. The number of ether oxygens (including phenoxy) is 2. The van der Waals surface area contributed by atoms with Crippen LogP contribution in [0.25, 0.3) is 11.6 Å². The van der Waals surface area contributed by atoms with E-state index in [1.54, 1.807) is 50.9 Å². The Morgan fingerprint density at radius 3 is 2.15 bits per heavy atom. The van der Waals surface area contributed by atoms with Crippen molar-refractivity contribution in [1.29, 1.82) is 0 Å². The van der Waals surface area contributed by atoms with E-state index in [0.29, 0.717) is 28.2 Å². The third-order valence-corrected chi connectivity index (χ3v) is 5.56. The smallest absolute Gasteiger partial charge is 0.262 e. The molecule has 0 aliphatic carbocycles. The Morgan fingerprint density at radius 2 is 1.55 bits per heavy atom. The molecule has 0 radical (unpaired) electrons.